The normalized spacial score (nSPS) is 14.2. The fraction of sp³-hybridized carbons (Fsp3) is 0.261. The fourth-order valence-corrected chi connectivity index (χ4v) is 4.04. The largest absolute Gasteiger partial charge is 0.454 e. The van der Waals surface area contributed by atoms with Crippen molar-refractivity contribution in [3.8, 4) is 11.5 Å². The minimum absolute atomic E-state index is 0.193. The molecule has 0 bridgehead atoms. The molecule has 0 atom stereocenters. The molecule has 5 rings (SSSR count). The number of aryl methyl sites for hydroxylation is 1. The SMILES string of the molecule is Cn1nc(C(=O)NCc2ccc3c(c2)OCO3)c2c1CCN(C(=O)c1ccc(F)cc1)C2. The Morgan fingerprint density at radius 2 is 1.91 bits per heavy atom. The fourth-order valence-electron chi connectivity index (χ4n) is 4.04. The summed E-state index contributed by atoms with van der Waals surface area (Å²) in [6.07, 6.45) is 0.585. The second-order valence-corrected chi connectivity index (χ2v) is 7.75. The van der Waals surface area contributed by atoms with Crippen molar-refractivity contribution in [1.29, 1.82) is 0 Å². The molecule has 0 aliphatic carbocycles. The lowest BCUT2D eigenvalue weighted by Gasteiger charge is -2.27. The van der Waals surface area contributed by atoms with Gasteiger partial charge >= 0.3 is 0 Å². The number of rotatable bonds is 4. The third kappa shape index (κ3) is 3.66. The van der Waals surface area contributed by atoms with Crippen LogP contribution in [-0.2, 0) is 26.6 Å². The number of benzene rings is 2. The van der Waals surface area contributed by atoms with Crippen molar-refractivity contribution in [2.24, 2.45) is 7.05 Å². The number of hydrogen-bond acceptors (Lipinski definition) is 5. The van der Waals surface area contributed by atoms with Crippen LogP contribution >= 0.6 is 0 Å². The predicted octanol–water partition coefficient (Wildman–Crippen LogP) is 2.42. The number of amides is 2. The number of hydrogen-bond donors (Lipinski definition) is 1. The smallest absolute Gasteiger partial charge is 0.272 e. The summed E-state index contributed by atoms with van der Waals surface area (Å²) in [6.45, 7) is 1.27. The Morgan fingerprint density at radius 1 is 1.12 bits per heavy atom. The molecular weight excluding hydrogens is 415 g/mol. The summed E-state index contributed by atoms with van der Waals surface area (Å²) < 4.78 is 25.6. The van der Waals surface area contributed by atoms with E-state index in [1.165, 1.54) is 24.3 Å². The van der Waals surface area contributed by atoms with Crippen LogP contribution < -0.4 is 14.8 Å². The molecule has 2 amide bonds. The summed E-state index contributed by atoms with van der Waals surface area (Å²) in [5, 5.41) is 7.31. The molecule has 0 radical (unpaired) electrons. The molecule has 1 N–H and O–H groups in total. The molecule has 0 saturated heterocycles. The molecule has 32 heavy (non-hydrogen) atoms. The maximum Gasteiger partial charge on any atom is 0.272 e. The molecular formula is C23H21FN4O4. The summed E-state index contributed by atoms with van der Waals surface area (Å²) in [5.41, 5.74) is 3.26. The Kier molecular flexibility index (Phi) is 5.01. The minimum Gasteiger partial charge on any atom is -0.454 e. The average molecular weight is 436 g/mol. The van der Waals surface area contributed by atoms with Gasteiger partial charge in [-0.1, -0.05) is 6.07 Å². The molecule has 0 saturated carbocycles. The minimum atomic E-state index is -0.392. The van der Waals surface area contributed by atoms with Gasteiger partial charge in [0.1, 0.15) is 5.82 Å². The lowest BCUT2D eigenvalue weighted by atomic mass is 10.0. The number of nitrogens with one attached hydrogen (secondary N) is 1. The van der Waals surface area contributed by atoms with Crippen molar-refractivity contribution < 1.29 is 23.5 Å². The first-order valence-corrected chi connectivity index (χ1v) is 10.3. The van der Waals surface area contributed by atoms with E-state index in [1.807, 2.05) is 18.2 Å². The molecule has 8 nitrogen and oxygen atoms in total. The van der Waals surface area contributed by atoms with E-state index in [2.05, 4.69) is 10.4 Å². The van der Waals surface area contributed by atoms with E-state index in [0.29, 0.717) is 42.3 Å². The molecule has 3 aromatic rings. The molecule has 164 valence electrons. The van der Waals surface area contributed by atoms with Crippen LogP contribution in [0.2, 0.25) is 0 Å². The van der Waals surface area contributed by atoms with Gasteiger partial charge in [0.2, 0.25) is 6.79 Å². The summed E-state index contributed by atoms with van der Waals surface area (Å²) in [7, 11) is 1.80. The molecule has 0 fully saturated rings. The first-order chi connectivity index (χ1) is 15.5. The molecule has 1 aromatic heterocycles. The molecule has 2 aromatic carbocycles. The average Bonchev–Trinajstić information content (AvgIpc) is 3.41. The Morgan fingerprint density at radius 3 is 2.72 bits per heavy atom. The van der Waals surface area contributed by atoms with Crippen LogP contribution in [0.15, 0.2) is 42.5 Å². The zero-order chi connectivity index (χ0) is 22.2. The number of carbonyl (C=O) groups excluding carboxylic acids is 2. The first-order valence-electron chi connectivity index (χ1n) is 10.3. The summed E-state index contributed by atoms with van der Waals surface area (Å²) in [5.74, 6) is 0.435. The van der Waals surface area contributed by atoms with Gasteiger partial charge in [-0.3, -0.25) is 14.3 Å². The second-order valence-electron chi connectivity index (χ2n) is 7.75. The molecule has 0 unspecified atom stereocenters. The number of fused-ring (bicyclic) bond motifs is 2. The van der Waals surface area contributed by atoms with E-state index in [4.69, 9.17) is 9.47 Å². The quantitative estimate of drug-likeness (QED) is 0.679. The third-order valence-corrected chi connectivity index (χ3v) is 5.73. The number of aromatic nitrogens is 2. The summed E-state index contributed by atoms with van der Waals surface area (Å²) >= 11 is 0. The highest BCUT2D eigenvalue weighted by Crippen LogP contribution is 2.32. The molecule has 2 aliphatic heterocycles. The van der Waals surface area contributed by atoms with Gasteiger partial charge in [-0.15, -0.1) is 0 Å². The van der Waals surface area contributed by atoms with Crippen molar-refractivity contribution in [2.45, 2.75) is 19.5 Å². The van der Waals surface area contributed by atoms with Gasteiger partial charge < -0.3 is 19.7 Å². The van der Waals surface area contributed by atoms with Crippen molar-refractivity contribution in [2.75, 3.05) is 13.3 Å². The van der Waals surface area contributed by atoms with E-state index in [-0.39, 0.29) is 25.2 Å². The zero-order valence-electron chi connectivity index (χ0n) is 17.4. The molecule has 3 heterocycles. The lowest BCUT2D eigenvalue weighted by molar-refractivity contribution is 0.0730. The van der Waals surface area contributed by atoms with E-state index < -0.39 is 5.82 Å². The van der Waals surface area contributed by atoms with E-state index in [0.717, 1.165) is 16.8 Å². The number of halogens is 1. The highest BCUT2D eigenvalue weighted by Gasteiger charge is 2.29. The van der Waals surface area contributed by atoms with Crippen molar-refractivity contribution in [3.63, 3.8) is 0 Å². The maximum absolute atomic E-state index is 13.2. The maximum atomic E-state index is 13.2. The van der Waals surface area contributed by atoms with Crippen LogP contribution in [0.3, 0.4) is 0 Å². The van der Waals surface area contributed by atoms with Crippen molar-refractivity contribution >= 4 is 11.8 Å². The van der Waals surface area contributed by atoms with Gasteiger partial charge in [0.25, 0.3) is 11.8 Å². The van der Waals surface area contributed by atoms with Gasteiger partial charge in [-0.2, -0.15) is 5.10 Å². The zero-order valence-corrected chi connectivity index (χ0v) is 17.4. The number of carbonyl (C=O) groups is 2. The third-order valence-electron chi connectivity index (χ3n) is 5.73. The van der Waals surface area contributed by atoms with Gasteiger partial charge in [0.05, 0.1) is 6.54 Å². The van der Waals surface area contributed by atoms with Crippen LogP contribution in [0.1, 0.15) is 37.7 Å². The van der Waals surface area contributed by atoms with Crippen molar-refractivity contribution in [3.05, 3.63) is 76.4 Å². The highest BCUT2D eigenvalue weighted by molar-refractivity contribution is 5.96. The monoisotopic (exact) mass is 436 g/mol. The molecule has 9 heteroatoms. The van der Waals surface area contributed by atoms with Crippen LogP contribution in [0.4, 0.5) is 4.39 Å². The van der Waals surface area contributed by atoms with Gasteiger partial charge in [0, 0.05) is 43.4 Å². The second kappa shape index (κ2) is 7.99. The van der Waals surface area contributed by atoms with Crippen LogP contribution in [0.5, 0.6) is 11.5 Å². The molecule has 2 aliphatic rings. The van der Waals surface area contributed by atoms with Gasteiger partial charge in [-0.25, -0.2) is 4.39 Å². The van der Waals surface area contributed by atoms with E-state index in [9.17, 15) is 14.0 Å². The Bertz CT molecular complexity index is 1210. The summed E-state index contributed by atoms with van der Waals surface area (Å²) in [4.78, 5) is 27.5. The Balaban J connectivity index is 1.31. The van der Waals surface area contributed by atoms with Crippen LogP contribution in [0.25, 0.3) is 0 Å². The van der Waals surface area contributed by atoms with Crippen molar-refractivity contribution in [1.82, 2.24) is 20.0 Å². The number of ether oxygens (including phenoxy) is 2. The first kappa shape index (κ1) is 20.0. The predicted molar refractivity (Wildman–Crippen MR) is 112 cm³/mol. The highest BCUT2D eigenvalue weighted by atomic mass is 19.1. The van der Waals surface area contributed by atoms with E-state index in [1.54, 1.807) is 16.6 Å². The number of nitrogens with zero attached hydrogens (tertiary/aromatic N) is 3. The van der Waals surface area contributed by atoms with Gasteiger partial charge in [-0.05, 0) is 42.0 Å². The Hall–Kier alpha value is -3.88. The van der Waals surface area contributed by atoms with Crippen LogP contribution in [-0.4, -0.2) is 39.8 Å². The topological polar surface area (TPSA) is 85.7 Å². The summed E-state index contributed by atoms with van der Waals surface area (Å²) in [6, 6.07) is 11.0. The Labute approximate surface area is 183 Å². The lowest BCUT2D eigenvalue weighted by Crippen LogP contribution is -2.37. The van der Waals surface area contributed by atoms with E-state index >= 15 is 0 Å². The standard InChI is InChI=1S/C23H21FN4O4/c1-27-18-8-9-28(23(30)15-3-5-16(24)6-4-15)12-17(18)21(26-27)22(29)25-11-14-2-7-19-20(10-14)32-13-31-19/h2-7,10H,8-9,11-13H2,1H3,(H,25,29). The van der Waals surface area contributed by atoms with Gasteiger partial charge in [0.15, 0.2) is 17.2 Å². The van der Waals surface area contributed by atoms with Crippen LogP contribution in [0, 0.1) is 5.82 Å². The molecule has 0 spiro atoms.